The van der Waals surface area contributed by atoms with Gasteiger partial charge in [-0.2, -0.15) is 13.2 Å². The van der Waals surface area contributed by atoms with Gasteiger partial charge in [0.2, 0.25) is 0 Å². The standard InChI is InChI=1S/C20H31F3N4O2.HI/c1-4-24-19(26-12-16-8-10-27(13-16)14-20(21,22)23)25-9-7-15-5-6-17(28-2)18(11-15)29-3;/h5-6,11,16H,4,7-10,12-14H2,1-3H3,(H2,24,25,26);1H. The normalized spacial score (nSPS) is 17.4. The lowest BCUT2D eigenvalue weighted by atomic mass is 10.1. The molecule has 0 radical (unpaired) electrons. The molecule has 0 spiro atoms. The van der Waals surface area contributed by atoms with E-state index in [4.69, 9.17) is 9.47 Å². The van der Waals surface area contributed by atoms with Crippen LogP contribution in [-0.4, -0.2) is 70.5 Å². The van der Waals surface area contributed by atoms with Gasteiger partial charge < -0.3 is 20.1 Å². The van der Waals surface area contributed by atoms with Crippen molar-refractivity contribution in [3.8, 4) is 11.5 Å². The predicted octanol–water partition coefficient (Wildman–Crippen LogP) is 3.30. The molecule has 6 nitrogen and oxygen atoms in total. The van der Waals surface area contributed by atoms with Crippen LogP contribution in [0.5, 0.6) is 11.5 Å². The van der Waals surface area contributed by atoms with Crippen molar-refractivity contribution in [2.24, 2.45) is 10.9 Å². The molecule has 1 heterocycles. The monoisotopic (exact) mass is 544 g/mol. The number of nitrogens with zero attached hydrogens (tertiary/aromatic N) is 2. The van der Waals surface area contributed by atoms with Crippen molar-refractivity contribution in [1.29, 1.82) is 0 Å². The van der Waals surface area contributed by atoms with Crippen molar-refractivity contribution in [3.05, 3.63) is 23.8 Å². The van der Waals surface area contributed by atoms with Gasteiger partial charge in [0.15, 0.2) is 17.5 Å². The number of aliphatic imine (C=N–C) groups is 1. The van der Waals surface area contributed by atoms with Crippen LogP contribution in [0.1, 0.15) is 18.9 Å². The number of guanidine groups is 1. The van der Waals surface area contributed by atoms with Crippen molar-refractivity contribution in [2.45, 2.75) is 25.9 Å². The fourth-order valence-electron chi connectivity index (χ4n) is 3.38. The molecule has 1 unspecified atom stereocenters. The Bertz CT molecular complexity index is 674. The van der Waals surface area contributed by atoms with E-state index >= 15 is 0 Å². The summed E-state index contributed by atoms with van der Waals surface area (Å²) >= 11 is 0. The SMILES string of the molecule is CCNC(=NCC1CCN(CC(F)(F)F)C1)NCCc1ccc(OC)c(OC)c1.I. The van der Waals surface area contributed by atoms with Crippen molar-refractivity contribution < 1.29 is 22.6 Å². The van der Waals surface area contributed by atoms with E-state index in [0.29, 0.717) is 50.2 Å². The number of likely N-dealkylation sites (tertiary alicyclic amines) is 1. The molecular weight excluding hydrogens is 512 g/mol. The van der Waals surface area contributed by atoms with E-state index in [1.54, 1.807) is 14.2 Å². The van der Waals surface area contributed by atoms with Gasteiger partial charge in [-0.3, -0.25) is 9.89 Å². The fourth-order valence-corrected chi connectivity index (χ4v) is 3.38. The summed E-state index contributed by atoms with van der Waals surface area (Å²) in [7, 11) is 3.21. The van der Waals surface area contributed by atoms with Crippen LogP contribution in [0.25, 0.3) is 0 Å². The van der Waals surface area contributed by atoms with Gasteiger partial charge in [0, 0.05) is 26.2 Å². The van der Waals surface area contributed by atoms with Gasteiger partial charge in [-0.25, -0.2) is 0 Å². The van der Waals surface area contributed by atoms with Gasteiger partial charge >= 0.3 is 6.18 Å². The summed E-state index contributed by atoms with van der Waals surface area (Å²) < 4.78 is 48.1. The highest BCUT2D eigenvalue weighted by molar-refractivity contribution is 14.0. The average Bonchev–Trinajstić information content (AvgIpc) is 3.11. The number of hydrogen-bond acceptors (Lipinski definition) is 4. The first-order valence-corrected chi connectivity index (χ1v) is 9.86. The van der Waals surface area contributed by atoms with Crippen LogP contribution in [0.2, 0.25) is 0 Å². The zero-order valence-corrected chi connectivity index (χ0v) is 20.0. The van der Waals surface area contributed by atoms with Crippen LogP contribution >= 0.6 is 24.0 Å². The van der Waals surface area contributed by atoms with E-state index in [1.807, 2.05) is 25.1 Å². The second-order valence-electron chi connectivity index (χ2n) is 7.09. The molecule has 0 amide bonds. The summed E-state index contributed by atoms with van der Waals surface area (Å²) in [5, 5.41) is 6.47. The molecule has 2 N–H and O–H groups in total. The molecule has 30 heavy (non-hydrogen) atoms. The van der Waals surface area contributed by atoms with Gasteiger partial charge in [0.25, 0.3) is 0 Å². The highest BCUT2D eigenvalue weighted by Crippen LogP contribution is 2.27. The number of hydrogen-bond donors (Lipinski definition) is 2. The number of alkyl halides is 3. The van der Waals surface area contributed by atoms with Crippen molar-refractivity contribution in [2.75, 3.05) is 53.5 Å². The van der Waals surface area contributed by atoms with Crippen molar-refractivity contribution >= 4 is 29.9 Å². The topological polar surface area (TPSA) is 58.1 Å². The Hall–Kier alpha value is -1.43. The predicted molar refractivity (Wildman–Crippen MR) is 123 cm³/mol. The number of benzene rings is 1. The lowest BCUT2D eigenvalue weighted by molar-refractivity contribution is -0.143. The number of rotatable bonds is 9. The first kappa shape index (κ1) is 26.6. The Balaban J connectivity index is 0.00000450. The third-order valence-electron chi connectivity index (χ3n) is 4.78. The maximum atomic E-state index is 12.5. The van der Waals surface area contributed by atoms with E-state index in [0.717, 1.165) is 18.4 Å². The Kier molecular flexibility index (Phi) is 11.6. The van der Waals surface area contributed by atoms with Crippen LogP contribution in [-0.2, 0) is 6.42 Å². The number of methoxy groups -OCH3 is 2. The second-order valence-corrected chi connectivity index (χ2v) is 7.09. The molecule has 172 valence electrons. The first-order chi connectivity index (χ1) is 13.8. The van der Waals surface area contributed by atoms with E-state index in [9.17, 15) is 13.2 Å². The molecule has 10 heteroatoms. The largest absolute Gasteiger partial charge is 0.493 e. The van der Waals surface area contributed by atoms with E-state index in [2.05, 4.69) is 15.6 Å². The van der Waals surface area contributed by atoms with Crippen molar-refractivity contribution in [1.82, 2.24) is 15.5 Å². The average molecular weight is 544 g/mol. The molecule has 1 atom stereocenters. The minimum absolute atomic E-state index is 0. The van der Waals surface area contributed by atoms with Gasteiger partial charge in [0.05, 0.1) is 20.8 Å². The van der Waals surface area contributed by atoms with Crippen molar-refractivity contribution in [3.63, 3.8) is 0 Å². The van der Waals surface area contributed by atoms with Crippen LogP contribution in [0.4, 0.5) is 13.2 Å². The summed E-state index contributed by atoms with van der Waals surface area (Å²) in [5.74, 6) is 2.21. The molecule has 1 aromatic rings. The maximum absolute atomic E-state index is 12.5. The highest BCUT2D eigenvalue weighted by Gasteiger charge is 2.34. The third kappa shape index (κ3) is 9.15. The van der Waals surface area contributed by atoms with Gasteiger partial charge in [-0.05, 0) is 49.9 Å². The fraction of sp³-hybridized carbons (Fsp3) is 0.650. The summed E-state index contributed by atoms with van der Waals surface area (Å²) in [6.07, 6.45) is -2.63. The number of halogens is 4. The summed E-state index contributed by atoms with van der Waals surface area (Å²) in [5.41, 5.74) is 1.10. The Morgan fingerprint density at radius 1 is 1.20 bits per heavy atom. The molecule has 2 rings (SSSR count). The Morgan fingerprint density at radius 3 is 2.57 bits per heavy atom. The Labute approximate surface area is 193 Å². The summed E-state index contributed by atoms with van der Waals surface area (Å²) in [6, 6.07) is 5.81. The molecule has 1 aromatic carbocycles. The van der Waals surface area contributed by atoms with Crippen LogP contribution < -0.4 is 20.1 Å². The van der Waals surface area contributed by atoms with E-state index < -0.39 is 12.7 Å². The molecule has 0 aromatic heterocycles. The zero-order valence-electron chi connectivity index (χ0n) is 17.7. The van der Waals surface area contributed by atoms with Gasteiger partial charge in [0.1, 0.15) is 0 Å². The smallest absolute Gasteiger partial charge is 0.401 e. The number of nitrogens with one attached hydrogen (secondary N) is 2. The van der Waals surface area contributed by atoms with Gasteiger partial charge in [-0.15, -0.1) is 24.0 Å². The molecule has 0 aliphatic carbocycles. The van der Waals surface area contributed by atoms with Crippen LogP contribution in [0.3, 0.4) is 0 Å². The quantitative estimate of drug-likeness (QED) is 0.284. The minimum atomic E-state index is -4.14. The minimum Gasteiger partial charge on any atom is -0.493 e. The highest BCUT2D eigenvalue weighted by atomic mass is 127. The van der Waals surface area contributed by atoms with E-state index in [1.165, 1.54) is 4.90 Å². The van der Waals surface area contributed by atoms with Crippen LogP contribution in [0.15, 0.2) is 23.2 Å². The molecule has 1 aliphatic heterocycles. The van der Waals surface area contributed by atoms with Gasteiger partial charge in [-0.1, -0.05) is 6.07 Å². The molecule has 0 saturated carbocycles. The molecule has 1 saturated heterocycles. The molecular formula is C20H32F3IN4O2. The van der Waals surface area contributed by atoms with Crippen LogP contribution in [0, 0.1) is 5.92 Å². The second kappa shape index (κ2) is 13.1. The Morgan fingerprint density at radius 2 is 1.93 bits per heavy atom. The lowest BCUT2D eigenvalue weighted by Gasteiger charge is -2.17. The third-order valence-corrected chi connectivity index (χ3v) is 4.78. The molecule has 1 fully saturated rings. The zero-order chi connectivity index (χ0) is 21.3. The summed E-state index contributed by atoms with van der Waals surface area (Å²) in [4.78, 5) is 6.02. The molecule has 1 aliphatic rings. The maximum Gasteiger partial charge on any atom is 0.401 e. The summed E-state index contributed by atoms with van der Waals surface area (Å²) in [6.45, 7) is 3.96. The molecule has 0 bridgehead atoms. The number of ether oxygens (including phenoxy) is 2. The van der Waals surface area contributed by atoms with E-state index in [-0.39, 0.29) is 29.9 Å². The first-order valence-electron chi connectivity index (χ1n) is 9.86. The lowest BCUT2D eigenvalue weighted by Crippen LogP contribution is -2.38.